The Bertz CT molecular complexity index is 2330. The van der Waals surface area contributed by atoms with Crippen LogP contribution in [0.2, 0.25) is 0 Å². The maximum Gasteiger partial charge on any atom is 0.514 e. The Morgan fingerprint density at radius 2 is 1.27 bits per heavy atom. The summed E-state index contributed by atoms with van der Waals surface area (Å²) in [5.41, 5.74) is 9.59. The van der Waals surface area contributed by atoms with E-state index in [1.807, 2.05) is 18.2 Å². The van der Waals surface area contributed by atoms with Crippen molar-refractivity contribution in [3.8, 4) is 5.75 Å². The molecule has 52 heavy (non-hydrogen) atoms. The average Bonchev–Trinajstić information content (AvgIpc) is 3.74. The minimum absolute atomic E-state index is 0.102. The quantitative estimate of drug-likeness (QED) is 0.135. The topological polar surface area (TPSA) is 67.1 Å². The lowest BCUT2D eigenvalue weighted by Crippen LogP contribution is -2.37. The molecule has 0 aliphatic heterocycles. The lowest BCUT2D eigenvalue weighted by atomic mass is 9.61. The van der Waals surface area contributed by atoms with Gasteiger partial charge in [-0.05, 0) is 82.7 Å². The number of aromatic nitrogens is 2. The Morgan fingerprint density at radius 3 is 1.92 bits per heavy atom. The van der Waals surface area contributed by atoms with Gasteiger partial charge in [-0.25, -0.2) is 4.79 Å². The molecule has 5 aromatic carbocycles. The maximum atomic E-state index is 13.5. The number of carbonyl (C=O) groups excluding carboxylic acids is 1. The summed E-state index contributed by atoms with van der Waals surface area (Å²) < 4.78 is 12.2. The van der Waals surface area contributed by atoms with Gasteiger partial charge in [-0.3, -0.25) is 0 Å². The minimum Gasteiger partial charge on any atom is -0.430 e. The van der Waals surface area contributed by atoms with Gasteiger partial charge >= 0.3 is 6.16 Å². The van der Waals surface area contributed by atoms with Gasteiger partial charge in [0.25, 0.3) is 0 Å². The number of para-hydroxylation sites is 1. The van der Waals surface area contributed by atoms with E-state index in [9.17, 15) is 4.79 Å². The minimum atomic E-state index is -0.694. The SMILES string of the molecule is CC1CCC(C(C)C)C(OC(=O)Oc2ccc3[nH]c4c(c3c2)C(c2ccccc2)c2c([nH]c3ccccc23)C4(c2ccccc2)c2ccccc2)C1. The van der Waals surface area contributed by atoms with Gasteiger partial charge in [0.15, 0.2) is 0 Å². The monoisotopic (exact) mass is 684 g/mol. The highest BCUT2D eigenvalue weighted by Crippen LogP contribution is 2.58. The molecule has 260 valence electrons. The molecule has 2 N–H and O–H groups in total. The summed E-state index contributed by atoms with van der Waals surface area (Å²) in [5.74, 6) is 1.67. The third-order valence-corrected chi connectivity index (χ3v) is 11.8. The predicted octanol–water partition coefficient (Wildman–Crippen LogP) is 11.5. The number of aromatic amines is 2. The van der Waals surface area contributed by atoms with Crippen LogP contribution >= 0.6 is 0 Å². The van der Waals surface area contributed by atoms with E-state index >= 15 is 0 Å². The van der Waals surface area contributed by atoms with Crippen LogP contribution in [0.4, 0.5) is 4.79 Å². The van der Waals surface area contributed by atoms with Gasteiger partial charge in [0.1, 0.15) is 17.3 Å². The summed E-state index contributed by atoms with van der Waals surface area (Å²) in [5, 5.41) is 2.22. The molecule has 1 fully saturated rings. The van der Waals surface area contributed by atoms with Crippen LogP contribution < -0.4 is 4.74 Å². The number of benzene rings is 5. The summed E-state index contributed by atoms with van der Waals surface area (Å²) in [6.45, 7) is 6.69. The zero-order valence-corrected chi connectivity index (χ0v) is 29.9. The second-order valence-corrected chi connectivity index (χ2v) is 15.2. The van der Waals surface area contributed by atoms with Crippen LogP contribution in [0.15, 0.2) is 133 Å². The van der Waals surface area contributed by atoms with Gasteiger partial charge < -0.3 is 19.4 Å². The van der Waals surface area contributed by atoms with Gasteiger partial charge in [-0.2, -0.15) is 0 Å². The predicted molar refractivity (Wildman–Crippen MR) is 208 cm³/mol. The molecular weight excluding hydrogens is 641 g/mol. The van der Waals surface area contributed by atoms with Gasteiger partial charge in [0, 0.05) is 39.1 Å². The Balaban J connectivity index is 1.27. The molecule has 0 spiro atoms. The first kappa shape index (κ1) is 32.4. The summed E-state index contributed by atoms with van der Waals surface area (Å²) >= 11 is 0. The van der Waals surface area contributed by atoms with E-state index in [4.69, 9.17) is 9.47 Å². The number of hydrogen-bond acceptors (Lipinski definition) is 3. The number of fused-ring (bicyclic) bond motifs is 6. The molecule has 2 aliphatic rings. The Labute approximate surface area is 305 Å². The maximum absolute atomic E-state index is 13.5. The number of rotatable bonds is 6. The molecule has 0 saturated heterocycles. The van der Waals surface area contributed by atoms with Gasteiger partial charge in [0.2, 0.25) is 0 Å². The molecule has 0 radical (unpaired) electrons. The van der Waals surface area contributed by atoms with Gasteiger partial charge in [-0.1, -0.05) is 136 Å². The van der Waals surface area contributed by atoms with Crippen LogP contribution in [0.5, 0.6) is 5.75 Å². The average molecular weight is 685 g/mol. The van der Waals surface area contributed by atoms with E-state index in [0.29, 0.717) is 23.5 Å². The first-order valence-electron chi connectivity index (χ1n) is 18.7. The van der Waals surface area contributed by atoms with E-state index in [-0.39, 0.29) is 12.0 Å². The van der Waals surface area contributed by atoms with Crippen molar-refractivity contribution in [2.24, 2.45) is 17.8 Å². The second-order valence-electron chi connectivity index (χ2n) is 15.2. The fraction of sp³-hybridized carbons (Fsp3) is 0.255. The highest BCUT2D eigenvalue weighted by molar-refractivity contribution is 5.96. The Kier molecular flexibility index (Phi) is 8.03. The van der Waals surface area contributed by atoms with Crippen LogP contribution in [-0.2, 0) is 10.2 Å². The molecule has 5 heteroatoms. The number of H-pyrrole nitrogens is 2. The van der Waals surface area contributed by atoms with Gasteiger partial charge in [0.05, 0.1) is 0 Å². The lowest BCUT2D eigenvalue weighted by molar-refractivity contribution is -0.0136. The van der Waals surface area contributed by atoms with Crippen LogP contribution in [0.25, 0.3) is 21.8 Å². The first-order valence-corrected chi connectivity index (χ1v) is 18.7. The van der Waals surface area contributed by atoms with Crippen molar-refractivity contribution in [1.29, 1.82) is 0 Å². The van der Waals surface area contributed by atoms with Crippen LogP contribution in [0.1, 0.15) is 85.2 Å². The van der Waals surface area contributed by atoms with Crippen LogP contribution in [-0.4, -0.2) is 22.2 Å². The number of ether oxygens (including phenoxy) is 2. The summed E-state index contributed by atoms with van der Waals surface area (Å²) in [4.78, 5) is 21.4. The van der Waals surface area contributed by atoms with Crippen LogP contribution in [0.3, 0.4) is 0 Å². The van der Waals surface area contributed by atoms with Crippen molar-refractivity contribution in [1.82, 2.24) is 9.97 Å². The molecule has 5 nitrogen and oxygen atoms in total. The standard InChI is InChI=1S/C47H44N2O3/c1-29(2)35-25-23-30(3)27-40(35)52-46(50)51-34-24-26-39-37(28-34)43-41(31-15-7-4-8-16-31)42-36-21-13-14-22-38(36)48-44(42)47(45(43)49-39,32-17-9-5-10-18-32)33-19-11-6-12-20-33/h4-22,24,26,28-30,35,40-41,48-49H,23,25,27H2,1-3H3. The molecule has 9 rings (SSSR count). The number of nitrogens with one attached hydrogen (secondary N) is 2. The smallest absolute Gasteiger partial charge is 0.430 e. The third kappa shape index (κ3) is 5.17. The Morgan fingerprint density at radius 1 is 0.692 bits per heavy atom. The third-order valence-electron chi connectivity index (χ3n) is 11.8. The Hall–Kier alpha value is -5.55. The largest absolute Gasteiger partial charge is 0.514 e. The van der Waals surface area contributed by atoms with Crippen molar-refractivity contribution >= 4 is 28.0 Å². The van der Waals surface area contributed by atoms with E-state index in [2.05, 4.69) is 146 Å². The molecule has 2 heterocycles. The highest BCUT2D eigenvalue weighted by Gasteiger charge is 2.51. The fourth-order valence-electron chi connectivity index (χ4n) is 9.47. The number of hydrogen-bond donors (Lipinski definition) is 2. The summed E-state index contributed by atoms with van der Waals surface area (Å²) in [6.07, 6.45) is 2.34. The van der Waals surface area contributed by atoms with Crippen molar-refractivity contribution < 1.29 is 14.3 Å². The zero-order chi connectivity index (χ0) is 35.4. The molecule has 2 aliphatic carbocycles. The molecule has 4 unspecified atom stereocenters. The van der Waals surface area contributed by atoms with E-state index in [0.717, 1.165) is 51.8 Å². The zero-order valence-electron chi connectivity index (χ0n) is 29.9. The summed E-state index contributed by atoms with van der Waals surface area (Å²) in [7, 11) is 0. The van der Waals surface area contributed by atoms with Crippen molar-refractivity contribution in [3.63, 3.8) is 0 Å². The number of carbonyl (C=O) groups is 1. The van der Waals surface area contributed by atoms with Crippen molar-refractivity contribution in [2.75, 3.05) is 0 Å². The molecule has 4 atom stereocenters. The molecule has 7 aromatic rings. The van der Waals surface area contributed by atoms with Crippen LogP contribution in [0, 0.1) is 17.8 Å². The molecule has 0 bridgehead atoms. The fourth-order valence-corrected chi connectivity index (χ4v) is 9.47. The highest BCUT2D eigenvalue weighted by atomic mass is 16.7. The second kappa shape index (κ2) is 12.9. The first-order chi connectivity index (χ1) is 25.4. The lowest BCUT2D eigenvalue weighted by Gasteiger charge is -2.41. The van der Waals surface area contributed by atoms with Crippen molar-refractivity contribution in [3.05, 3.63) is 173 Å². The van der Waals surface area contributed by atoms with E-state index < -0.39 is 11.6 Å². The van der Waals surface area contributed by atoms with Crippen molar-refractivity contribution in [2.45, 2.75) is 57.5 Å². The van der Waals surface area contributed by atoms with E-state index in [1.165, 1.54) is 28.5 Å². The molecule has 0 amide bonds. The van der Waals surface area contributed by atoms with E-state index in [1.54, 1.807) is 0 Å². The molecule has 1 saturated carbocycles. The summed E-state index contributed by atoms with van der Waals surface area (Å²) in [6, 6.07) is 47.0. The van der Waals surface area contributed by atoms with Gasteiger partial charge in [-0.15, -0.1) is 0 Å². The normalized spacial score (nSPS) is 20.8. The molecule has 2 aromatic heterocycles. The molecular formula is C47H44N2O3.